The molecule has 2 rings (SSSR count). The van der Waals surface area contributed by atoms with Crippen molar-refractivity contribution in [1.82, 2.24) is 5.32 Å². The Hall–Kier alpha value is -1.04. The summed E-state index contributed by atoms with van der Waals surface area (Å²) < 4.78 is 38.8. The quantitative estimate of drug-likeness (QED) is 0.665. The molecule has 6 heteroatoms. The lowest BCUT2D eigenvalue weighted by Gasteiger charge is -2.14. The summed E-state index contributed by atoms with van der Waals surface area (Å²) >= 11 is 3.52. The van der Waals surface area contributed by atoms with Gasteiger partial charge in [-0.05, 0) is 30.9 Å². The molecule has 0 radical (unpaired) electrons. The maximum absolute atomic E-state index is 13.0. The zero-order valence-corrected chi connectivity index (χ0v) is 11.6. The Bertz CT molecular complexity index is 472. The van der Waals surface area contributed by atoms with Gasteiger partial charge in [-0.15, -0.1) is 0 Å². The van der Waals surface area contributed by atoms with E-state index >= 15 is 0 Å². The molecule has 0 aliphatic heterocycles. The smallest absolute Gasteiger partial charge is 0.251 e. The van der Waals surface area contributed by atoms with Gasteiger partial charge in [0.2, 0.25) is 0 Å². The number of carbonyl (C=O) groups excluding carboxylic acids is 1. The first kappa shape index (κ1) is 14.4. The molecule has 104 valence electrons. The number of alkyl halides is 1. The Morgan fingerprint density at radius 3 is 2.42 bits per heavy atom. The van der Waals surface area contributed by atoms with Crippen molar-refractivity contribution in [3.05, 3.63) is 35.1 Å². The molecule has 1 saturated carbocycles. The zero-order valence-electron chi connectivity index (χ0n) is 10.1. The molecule has 0 bridgehead atoms. The molecule has 1 aromatic rings. The standard InChI is InChI=1S/C13H13BrF3NO/c14-9-3-1-2-7(9)6-18-13(19)8-4-10(15)12(17)11(16)5-8/h4-5,7,9H,1-3,6H2,(H,18,19). The molecule has 0 heterocycles. The highest BCUT2D eigenvalue weighted by Crippen LogP contribution is 2.30. The molecular weight excluding hydrogens is 323 g/mol. The van der Waals surface area contributed by atoms with Crippen LogP contribution in [-0.4, -0.2) is 17.3 Å². The minimum atomic E-state index is -1.56. The number of hydrogen-bond donors (Lipinski definition) is 1. The highest BCUT2D eigenvalue weighted by Gasteiger charge is 2.25. The number of nitrogens with one attached hydrogen (secondary N) is 1. The third-order valence-electron chi connectivity index (χ3n) is 3.34. The molecule has 0 saturated heterocycles. The summed E-state index contributed by atoms with van der Waals surface area (Å²) in [5.41, 5.74) is -0.208. The van der Waals surface area contributed by atoms with E-state index in [9.17, 15) is 18.0 Å². The van der Waals surface area contributed by atoms with Crippen LogP contribution in [0, 0.1) is 23.4 Å². The molecular formula is C13H13BrF3NO. The van der Waals surface area contributed by atoms with Crippen LogP contribution in [0.25, 0.3) is 0 Å². The molecule has 1 fully saturated rings. The van der Waals surface area contributed by atoms with Crippen LogP contribution in [-0.2, 0) is 0 Å². The Balaban J connectivity index is 2.00. The molecule has 2 nitrogen and oxygen atoms in total. The predicted octanol–water partition coefficient (Wildman–Crippen LogP) is 3.40. The van der Waals surface area contributed by atoms with Crippen LogP contribution < -0.4 is 5.32 Å². The molecule has 19 heavy (non-hydrogen) atoms. The molecule has 0 aromatic heterocycles. The fraction of sp³-hybridized carbons (Fsp3) is 0.462. The third-order valence-corrected chi connectivity index (χ3v) is 4.54. The second-order valence-corrected chi connectivity index (χ2v) is 5.85. The molecule has 1 aliphatic rings. The number of carbonyl (C=O) groups is 1. The molecule has 2 unspecified atom stereocenters. The van der Waals surface area contributed by atoms with Crippen LogP contribution in [0.2, 0.25) is 0 Å². The molecule has 1 N–H and O–H groups in total. The molecule has 1 aromatic carbocycles. The second kappa shape index (κ2) is 5.94. The minimum absolute atomic E-state index is 0.208. The van der Waals surface area contributed by atoms with Gasteiger partial charge in [-0.25, -0.2) is 13.2 Å². The van der Waals surface area contributed by atoms with Crippen LogP contribution in [0.5, 0.6) is 0 Å². The normalized spacial score (nSPS) is 22.5. The van der Waals surface area contributed by atoms with Crippen LogP contribution in [0.4, 0.5) is 13.2 Å². The third kappa shape index (κ3) is 3.29. The minimum Gasteiger partial charge on any atom is -0.352 e. The van der Waals surface area contributed by atoms with Gasteiger partial charge in [-0.1, -0.05) is 22.4 Å². The van der Waals surface area contributed by atoms with Gasteiger partial charge >= 0.3 is 0 Å². The van der Waals surface area contributed by atoms with E-state index in [1.165, 1.54) is 0 Å². The Morgan fingerprint density at radius 2 is 1.89 bits per heavy atom. The van der Waals surface area contributed by atoms with Crippen LogP contribution >= 0.6 is 15.9 Å². The van der Waals surface area contributed by atoms with Gasteiger partial charge in [0.1, 0.15) is 0 Å². The largest absolute Gasteiger partial charge is 0.352 e. The summed E-state index contributed by atoms with van der Waals surface area (Å²) in [4.78, 5) is 12.1. The van der Waals surface area contributed by atoms with Crippen LogP contribution in [0.1, 0.15) is 29.6 Å². The maximum Gasteiger partial charge on any atom is 0.251 e. The number of benzene rings is 1. The highest BCUT2D eigenvalue weighted by molar-refractivity contribution is 9.09. The summed E-state index contributed by atoms with van der Waals surface area (Å²) in [5.74, 6) is -4.55. The van der Waals surface area contributed by atoms with Crippen molar-refractivity contribution >= 4 is 21.8 Å². The van der Waals surface area contributed by atoms with E-state index in [-0.39, 0.29) is 5.56 Å². The van der Waals surface area contributed by atoms with E-state index in [1.54, 1.807) is 0 Å². The lowest BCUT2D eigenvalue weighted by molar-refractivity contribution is 0.0946. The first-order valence-electron chi connectivity index (χ1n) is 6.06. The van der Waals surface area contributed by atoms with Crippen molar-refractivity contribution in [3.63, 3.8) is 0 Å². The number of amides is 1. The van der Waals surface area contributed by atoms with Gasteiger partial charge in [0.15, 0.2) is 17.5 Å². The van der Waals surface area contributed by atoms with Crippen molar-refractivity contribution in [1.29, 1.82) is 0 Å². The predicted molar refractivity (Wildman–Crippen MR) is 68.7 cm³/mol. The van der Waals surface area contributed by atoms with Gasteiger partial charge in [-0.2, -0.15) is 0 Å². The van der Waals surface area contributed by atoms with E-state index in [0.717, 1.165) is 19.3 Å². The lowest BCUT2D eigenvalue weighted by atomic mass is 10.1. The molecule has 2 atom stereocenters. The van der Waals surface area contributed by atoms with Gasteiger partial charge in [0, 0.05) is 16.9 Å². The van der Waals surface area contributed by atoms with Crippen molar-refractivity contribution in [2.45, 2.75) is 24.1 Å². The van der Waals surface area contributed by atoms with Crippen molar-refractivity contribution in [2.24, 2.45) is 5.92 Å². The summed E-state index contributed by atoms with van der Waals surface area (Å²) in [7, 11) is 0. The summed E-state index contributed by atoms with van der Waals surface area (Å²) in [6, 6.07) is 1.40. The van der Waals surface area contributed by atoms with E-state index in [4.69, 9.17) is 0 Å². The zero-order chi connectivity index (χ0) is 14.0. The number of hydrogen-bond acceptors (Lipinski definition) is 1. The topological polar surface area (TPSA) is 29.1 Å². The summed E-state index contributed by atoms with van der Waals surface area (Å²) in [5, 5.41) is 2.62. The first-order valence-corrected chi connectivity index (χ1v) is 6.97. The van der Waals surface area contributed by atoms with Crippen LogP contribution in [0.15, 0.2) is 12.1 Å². The molecule has 0 spiro atoms. The van der Waals surface area contributed by atoms with Crippen LogP contribution in [0.3, 0.4) is 0 Å². The molecule has 1 aliphatic carbocycles. The van der Waals surface area contributed by atoms with Crippen molar-refractivity contribution in [3.8, 4) is 0 Å². The average Bonchev–Trinajstić information content (AvgIpc) is 2.78. The fourth-order valence-corrected chi connectivity index (χ4v) is 3.01. The second-order valence-electron chi connectivity index (χ2n) is 4.67. The van der Waals surface area contributed by atoms with Crippen molar-refractivity contribution < 1.29 is 18.0 Å². The highest BCUT2D eigenvalue weighted by atomic mass is 79.9. The lowest BCUT2D eigenvalue weighted by Crippen LogP contribution is -2.31. The van der Waals surface area contributed by atoms with E-state index in [2.05, 4.69) is 21.2 Å². The van der Waals surface area contributed by atoms with Gasteiger partial charge in [0.05, 0.1) is 0 Å². The Labute approximate surface area is 117 Å². The number of halogens is 4. The Kier molecular flexibility index (Phi) is 4.50. The maximum atomic E-state index is 13.0. The van der Waals surface area contributed by atoms with E-state index < -0.39 is 23.4 Å². The number of rotatable bonds is 3. The van der Waals surface area contributed by atoms with Crippen molar-refractivity contribution in [2.75, 3.05) is 6.54 Å². The van der Waals surface area contributed by atoms with Gasteiger partial charge in [-0.3, -0.25) is 4.79 Å². The van der Waals surface area contributed by atoms with E-state index in [1.807, 2.05) is 0 Å². The van der Waals surface area contributed by atoms with Gasteiger partial charge < -0.3 is 5.32 Å². The van der Waals surface area contributed by atoms with Gasteiger partial charge in [0.25, 0.3) is 5.91 Å². The summed E-state index contributed by atoms with van der Waals surface area (Å²) in [6.07, 6.45) is 3.15. The average molecular weight is 336 g/mol. The monoisotopic (exact) mass is 335 g/mol. The Morgan fingerprint density at radius 1 is 1.26 bits per heavy atom. The molecule has 1 amide bonds. The fourth-order valence-electron chi connectivity index (χ4n) is 2.23. The first-order chi connectivity index (χ1) is 8.99. The van der Waals surface area contributed by atoms with E-state index in [0.29, 0.717) is 29.4 Å². The summed E-state index contributed by atoms with van der Waals surface area (Å²) in [6.45, 7) is 0.440. The SMILES string of the molecule is O=C(NCC1CCCC1Br)c1cc(F)c(F)c(F)c1.